The number of hydrogen-bond donors (Lipinski definition) is 1. The van der Waals surface area contributed by atoms with Crippen LogP contribution in [0.25, 0.3) is 0 Å². The largest absolute Gasteiger partial charge is 0.378 e. The van der Waals surface area contributed by atoms with Crippen molar-refractivity contribution in [2.45, 2.75) is 72.1 Å². The van der Waals surface area contributed by atoms with Gasteiger partial charge in [-0.15, -0.1) is 0 Å². The fourth-order valence-electron chi connectivity index (χ4n) is 3.04. The molecule has 1 heterocycles. The van der Waals surface area contributed by atoms with Crippen LogP contribution in [0.3, 0.4) is 0 Å². The lowest BCUT2D eigenvalue weighted by Gasteiger charge is -2.39. The number of amidine groups is 1. The molecule has 0 spiro atoms. The minimum Gasteiger partial charge on any atom is -0.378 e. The first-order valence-electron chi connectivity index (χ1n) is 8.55. The summed E-state index contributed by atoms with van der Waals surface area (Å²) in [5.41, 5.74) is 0.0705. The number of nitrogens with one attached hydrogen (secondary N) is 1. The average Bonchev–Trinajstić information content (AvgIpc) is 2.50. The van der Waals surface area contributed by atoms with Gasteiger partial charge in [-0.1, -0.05) is 59.3 Å². The van der Waals surface area contributed by atoms with Crippen molar-refractivity contribution in [2.24, 2.45) is 5.41 Å². The molecule has 1 saturated heterocycles. The molecule has 0 aromatic carbocycles. The van der Waals surface area contributed by atoms with Gasteiger partial charge in [0.25, 0.3) is 0 Å². The summed E-state index contributed by atoms with van der Waals surface area (Å²) in [4.78, 5) is 2.25. The van der Waals surface area contributed by atoms with E-state index in [-0.39, 0.29) is 5.41 Å². The molecule has 0 aromatic rings. The Morgan fingerprint density at radius 2 is 1.60 bits per heavy atom. The zero-order valence-corrected chi connectivity index (χ0v) is 13.8. The molecule has 20 heavy (non-hydrogen) atoms. The van der Waals surface area contributed by atoms with Crippen LogP contribution >= 0.6 is 0 Å². The summed E-state index contributed by atoms with van der Waals surface area (Å²) in [6.45, 7) is 10.2. The molecule has 1 aliphatic rings. The minimum atomic E-state index is 0.0705. The van der Waals surface area contributed by atoms with Gasteiger partial charge in [0.1, 0.15) is 5.84 Å². The number of unbranched alkanes of at least 4 members (excludes halogenated alkanes) is 4. The van der Waals surface area contributed by atoms with Crippen molar-refractivity contribution in [3.8, 4) is 0 Å². The average molecular weight is 282 g/mol. The highest BCUT2D eigenvalue weighted by Gasteiger charge is 2.32. The monoisotopic (exact) mass is 282 g/mol. The van der Waals surface area contributed by atoms with Gasteiger partial charge in [-0.3, -0.25) is 5.41 Å². The summed E-state index contributed by atoms with van der Waals surface area (Å²) < 4.78 is 5.42. The van der Waals surface area contributed by atoms with Crippen LogP contribution < -0.4 is 0 Å². The molecule has 118 valence electrons. The molecule has 1 atom stereocenters. The van der Waals surface area contributed by atoms with E-state index >= 15 is 0 Å². The van der Waals surface area contributed by atoms with Gasteiger partial charge < -0.3 is 9.64 Å². The van der Waals surface area contributed by atoms with Gasteiger partial charge in [-0.2, -0.15) is 0 Å². The van der Waals surface area contributed by atoms with Crippen molar-refractivity contribution < 1.29 is 4.74 Å². The third-order valence-electron chi connectivity index (χ3n) is 4.56. The van der Waals surface area contributed by atoms with Crippen LogP contribution in [0.1, 0.15) is 72.1 Å². The highest BCUT2D eigenvalue weighted by Crippen LogP contribution is 2.33. The lowest BCUT2D eigenvalue weighted by Crippen LogP contribution is -2.47. The normalized spacial score (nSPS) is 18.9. The fraction of sp³-hybridized carbons (Fsp3) is 0.941. The van der Waals surface area contributed by atoms with Crippen molar-refractivity contribution in [3.63, 3.8) is 0 Å². The maximum Gasteiger partial charge on any atom is 0.102 e. The van der Waals surface area contributed by atoms with Gasteiger partial charge in [0, 0.05) is 18.5 Å². The lowest BCUT2D eigenvalue weighted by atomic mass is 9.78. The van der Waals surface area contributed by atoms with Crippen LogP contribution in [0.5, 0.6) is 0 Å². The summed E-state index contributed by atoms with van der Waals surface area (Å²) in [7, 11) is 0. The second-order valence-electron chi connectivity index (χ2n) is 6.42. The predicted octanol–water partition coefficient (Wildman–Crippen LogP) is 4.46. The molecule has 0 aromatic heterocycles. The number of ether oxygens (including phenoxy) is 1. The summed E-state index contributed by atoms with van der Waals surface area (Å²) >= 11 is 0. The Morgan fingerprint density at radius 3 is 2.20 bits per heavy atom. The zero-order chi connectivity index (χ0) is 14.8. The molecule has 3 heteroatoms. The van der Waals surface area contributed by atoms with Crippen molar-refractivity contribution in [3.05, 3.63) is 0 Å². The van der Waals surface area contributed by atoms with Crippen LogP contribution in [0.4, 0.5) is 0 Å². The van der Waals surface area contributed by atoms with Crippen LogP contribution in [0, 0.1) is 10.8 Å². The molecule has 0 radical (unpaired) electrons. The Hall–Kier alpha value is -0.570. The van der Waals surface area contributed by atoms with E-state index in [2.05, 4.69) is 25.7 Å². The molecule has 1 aliphatic heterocycles. The fourth-order valence-corrected chi connectivity index (χ4v) is 3.04. The Kier molecular flexibility index (Phi) is 8.20. The van der Waals surface area contributed by atoms with E-state index in [1.54, 1.807) is 0 Å². The molecule has 0 aliphatic carbocycles. The van der Waals surface area contributed by atoms with Gasteiger partial charge in [0.2, 0.25) is 0 Å². The highest BCUT2D eigenvalue weighted by molar-refractivity contribution is 5.85. The number of hydrogen-bond acceptors (Lipinski definition) is 2. The minimum absolute atomic E-state index is 0.0705. The van der Waals surface area contributed by atoms with Crippen LogP contribution in [0.15, 0.2) is 0 Å². The van der Waals surface area contributed by atoms with E-state index in [1.165, 1.54) is 44.9 Å². The van der Waals surface area contributed by atoms with Crippen molar-refractivity contribution in [2.75, 3.05) is 26.3 Å². The van der Waals surface area contributed by atoms with Gasteiger partial charge >= 0.3 is 0 Å². The molecule has 0 amide bonds. The quantitative estimate of drug-likeness (QED) is 0.385. The van der Waals surface area contributed by atoms with Crippen molar-refractivity contribution >= 4 is 5.84 Å². The van der Waals surface area contributed by atoms with E-state index < -0.39 is 0 Å². The summed E-state index contributed by atoms with van der Waals surface area (Å²) in [5.74, 6) is 0.866. The summed E-state index contributed by atoms with van der Waals surface area (Å²) in [5, 5.41) is 8.67. The van der Waals surface area contributed by atoms with Gasteiger partial charge in [-0.05, 0) is 12.8 Å². The Labute approximate surface area is 125 Å². The zero-order valence-electron chi connectivity index (χ0n) is 13.8. The lowest BCUT2D eigenvalue weighted by molar-refractivity contribution is 0.0623. The third-order valence-corrected chi connectivity index (χ3v) is 4.56. The molecule has 1 fully saturated rings. The summed E-state index contributed by atoms with van der Waals surface area (Å²) in [6.07, 6.45) is 9.98. The van der Waals surface area contributed by atoms with E-state index in [9.17, 15) is 0 Å². The van der Waals surface area contributed by atoms with Crippen molar-refractivity contribution in [1.29, 1.82) is 5.41 Å². The first kappa shape index (κ1) is 17.5. The molecular formula is C17H34N2O. The topological polar surface area (TPSA) is 36.3 Å². The molecule has 1 N–H and O–H groups in total. The third kappa shape index (κ3) is 5.43. The number of nitrogens with zero attached hydrogens (tertiary/aromatic N) is 1. The molecule has 3 nitrogen and oxygen atoms in total. The van der Waals surface area contributed by atoms with Crippen LogP contribution in [-0.4, -0.2) is 37.0 Å². The molecular weight excluding hydrogens is 248 g/mol. The first-order valence-corrected chi connectivity index (χ1v) is 8.55. The van der Waals surface area contributed by atoms with E-state index in [4.69, 9.17) is 10.1 Å². The molecule has 1 unspecified atom stereocenters. The maximum atomic E-state index is 8.67. The molecule has 0 bridgehead atoms. The van der Waals surface area contributed by atoms with Crippen LogP contribution in [0.2, 0.25) is 0 Å². The SMILES string of the molecule is CCCCCCC(C)(CCCC)C(=N)N1CCOCC1. The molecule has 1 rings (SSSR count). The maximum absolute atomic E-state index is 8.67. The molecule has 0 saturated carbocycles. The van der Waals surface area contributed by atoms with Crippen molar-refractivity contribution in [1.82, 2.24) is 4.90 Å². The Morgan fingerprint density at radius 1 is 1.00 bits per heavy atom. The standard InChI is InChI=1S/C17H34N2O/c1-4-6-8-9-11-17(3,10-7-5-2)16(18)19-12-14-20-15-13-19/h18H,4-15H2,1-3H3. The predicted molar refractivity (Wildman–Crippen MR) is 86.5 cm³/mol. The second kappa shape index (κ2) is 9.38. The summed E-state index contributed by atoms with van der Waals surface area (Å²) in [6, 6.07) is 0. The van der Waals surface area contributed by atoms with Crippen LogP contribution in [-0.2, 0) is 4.74 Å². The smallest absolute Gasteiger partial charge is 0.102 e. The van der Waals surface area contributed by atoms with Gasteiger partial charge in [0.05, 0.1) is 13.2 Å². The van der Waals surface area contributed by atoms with E-state index in [1.807, 2.05) is 0 Å². The number of rotatable bonds is 9. The Balaban J connectivity index is 2.56. The van der Waals surface area contributed by atoms with E-state index in [0.29, 0.717) is 0 Å². The van der Waals surface area contributed by atoms with E-state index in [0.717, 1.165) is 38.6 Å². The van der Waals surface area contributed by atoms with Gasteiger partial charge in [0.15, 0.2) is 0 Å². The second-order valence-corrected chi connectivity index (χ2v) is 6.42. The Bertz CT molecular complexity index is 274. The highest BCUT2D eigenvalue weighted by atomic mass is 16.5. The number of morpholine rings is 1. The van der Waals surface area contributed by atoms with Gasteiger partial charge in [-0.25, -0.2) is 0 Å². The first-order chi connectivity index (χ1) is 9.64.